The second kappa shape index (κ2) is 9.74. The Morgan fingerprint density at radius 3 is 2.52 bits per heavy atom. The van der Waals surface area contributed by atoms with E-state index in [2.05, 4.69) is 4.90 Å². The van der Waals surface area contributed by atoms with Gasteiger partial charge in [-0.3, -0.25) is 19.3 Å². The number of hydrogen-bond acceptors (Lipinski definition) is 6. The van der Waals surface area contributed by atoms with Crippen molar-refractivity contribution in [2.45, 2.75) is 25.2 Å². The molecule has 33 heavy (non-hydrogen) atoms. The largest absolute Gasteiger partial charge is 0.357 e. The predicted molar refractivity (Wildman–Crippen MR) is 119 cm³/mol. The summed E-state index contributed by atoms with van der Waals surface area (Å²) in [5.74, 6) is -0.460. The summed E-state index contributed by atoms with van der Waals surface area (Å²) in [6.45, 7) is 1.50. The lowest BCUT2D eigenvalue weighted by Gasteiger charge is -2.41. The number of amides is 3. The fraction of sp³-hybridized carbons (Fsp3) is 0.435. The van der Waals surface area contributed by atoms with E-state index in [1.165, 1.54) is 14.2 Å². The quantitative estimate of drug-likeness (QED) is 0.603. The summed E-state index contributed by atoms with van der Waals surface area (Å²) in [4.78, 5) is 49.0. The minimum absolute atomic E-state index is 0.0288. The highest BCUT2D eigenvalue weighted by Crippen LogP contribution is 2.31. The molecule has 0 N–H and O–H groups in total. The van der Waals surface area contributed by atoms with Crippen molar-refractivity contribution >= 4 is 17.7 Å². The number of rotatable bonds is 8. The zero-order chi connectivity index (χ0) is 23.5. The molecule has 176 valence electrons. The van der Waals surface area contributed by atoms with Gasteiger partial charge >= 0.3 is 6.03 Å². The first kappa shape index (κ1) is 23.0. The van der Waals surface area contributed by atoms with Gasteiger partial charge in [-0.15, -0.1) is 0 Å². The fourth-order valence-electron chi connectivity index (χ4n) is 4.54. The third-order valence-corrected chi connectivity index (χ3v) is 5.99. The summed E-state index contributed by atoms with van der Waals surface area (Å²) in [6, 6.07) is 12.8. The van der Waals surface area contributed by atoms with Crippen LogP contribution in [0.1, 0.15) is 28.5 Å². The molecule has 1 unspecified atom stereocenters. The van der Waals surface area contributed by atoms with Crippen molar-refractivity contribution in [1.82, 2.24) is 24.3 Å². The van der Waals surface area contributed by atoms with Crippen LogP contribution in [0.15, 0.2) is 48.7 Å². The number of aromatic nitrogens is 1. The molecule has 1 saturated heterocycles. The first-order valence-electron chi connectivity index (χ1n) is 10.8. The molecule has 4 rings (SSSR count). The summed E-state index contributed by atoms with van der Waals surface area (Å²) in [6.07, 6.45) is 1.08. The Morgan fingerprint density at radius 1 is 1.06 bits per heavy atom. The molecule has 2 atom stereocenters. The Morgan fingerprint density at radius 2 is 1.82 bits per heavy atom. The zero-order valence-corrected chi connectivity index (χ0v) is 19.1. The zero-order valence-electron chi connectivity index (χ0n) is 19.1. The maximum Gasteiger partial charge on any atom is 0.322 e. The van der Waals surface area contributed by atoms with Gasteiger partial charge in [0, 0.05) is 33.3 Å². The molecule has 2 aliphatic heterocycles. The molecule has 0 spiro atoms. The van der Waals surface area contributed by atoms with Crippen LogP contribution in [0.25, 0.3) is 0 Å². The van der Waals surface area contributed by atoms with Crippen LogP contribution in [0.5, 0.6) is 0 Å². The molecule has 0 radical (unpaired) electrons. The summed E-state index contributed by atoms with van der Waals surface area (Å²) in [5.41, 5.74) is 1.56. The third kappa shape index (κ3) is 4.63. The second-order valence-corrected chi connectivity index (χ2v) is 8.33. The molecule has 1 fully saturated rings. The number of urea groups is 1. The number of methoxy groups -OCH3 is 1. The molecule has 3 heterocycles. The van der Waals surface area contributed by atoms with E-state index in [-0.39, 0.29) is 30.7 Å². The lowest BCUT2D eigenvalue weighted by Crippen LogP contribution is -2.57. The Kier molecular flexibility index (Phi) is 6.77. The molecule has 1 aromatic carbocycles. The Labute approximate surface area is 192 Å². The van der Waals surface area contributed by atoms with Crippen LogP contribution in [-0.2, 0) is 20.9 Å². The van der Waals surface area contributed by atoms with Crippen molar-refractivity contribution in [2.75, 3.05) is 41.1 Å². The molecular formula is C23H29N5O5. The molecule has 0 saturated carbocycles. The number of ketones is 1. The summed E-state index contributed by atoms with van der Waals surface area (Å²) >= 11 is 0. The van der Waals surface area contributed by atoms with Crippen LogP contribution in [-0.4, -0.2) is 89.4 Å². The van der Waals surface area contributed by atoms with Crippen LogP contribution >= 0.6 is 0 Å². The smallest absolute Gasteiger partial charge is 0.322 e. The van der Waals surface area contributed by atoms with E-state index in [0.717, 1.165) is 10.6 Å². The molecule has 10 heteroatoms. The Hall–Kier alpha value is -3.21. The molecule has 0 bridgehead atoms. The maximum absolute atomic E-state index is 13.1. The molecule has 10 nitrogen and oxygen atoms in total. The van der Waals surface area contributed by atoms with Crippen molar-refractivity contribution in [3.8, 4) is 0 Å². The number of hydrogen-bond donors (Lipinski definition) is 0. The Bertz CT molecular complexity index is 1010. The second-order valence-electron chi connectivity index (χ2n) is 8.33. The number of fused-ring (bicyclic) bond motifs is 1. The van der Waals surface area contributed by atoms with E-state index in [0.29, 0.717) is 25.6 Å². The van der Waals surface area contributed by atoms with E-state index in [1.807, 2.05) is 30.3 Å². The van der Waals surface area contributed by atoms with E-state index in [4.69, 9.17) is 9.57 Å². The van der Waals surface area contributed by atoms with Crippen molar-refractivity contribution in [1.29, 1.82) is 0 Å². The first-order valence-corrected chi connectivity index (χ1v) is 10.8. The van der Waals surface area contributed by atoms with Gasteiger partial charge in [-0.2, -0.15) is 5.06 Å². The van der Waals surface area contributed by atoms with Crippen molar-refractivity contribution < 1.29 is 24.0 Å². The SMILES string of the molecule is COC1[C@@H](CC(=O)CN2CN(Cc3ccccc3)CN(C)C2=O)n2cccc2C(=O)N1OC. The van der Waals surface area contributed by atoms with E-state index >= 15 is 0 Å². The number of carbonyl (C=O) groups is 3. The van der Waals surface area contributed by atoms with Gasteiger partial charge in [0.1, 0.15) is 5.69 Å². The van der Waals surface area contributed by atoms with Gasteiger partial charge in [-0.05, 0) is 17.7 Å². The topological polar surface area (TPSA) is 87.6 Å². The van der Waals surface area contributed by atoms with Gasteiger partial charge < -0.3 is 19.1 Å². The number of ether oxygens (including phenoxy) is 1. The minimum atomic E-state index is -0.763. The van der Waals surface area contributed by atoms with Gasteiger partial charge in [0.25, 0.3) is 5.91 Å². The van der Waals surface area contributed by atoms with Gasteiger partial charge in [-0.1, -0.05) is 30.3 Å². The molecular weight excluding hydrogens is 426 g/mol. The van der Waals surface area contributed by atoms with Crippen LogP contribution in [0.4, 0.5) is 4.79 Å². The minimum Gasteiger partial charge on any atom is -0.357 e. The van der Waals surface area contributed by atoms with Crippen LogP contribution in [0, 0.1) is 0 Å². The van der Waals surface area contributed by atoms with E-state index in [1.54, 1.807) is 39.7 Å². The molecule has 2 aliphatic rings. The predicted octanol–water partition coefficient (Wildman–Crippen LogP) is 1.76. The highest BCUT2D eigenvalue weighted by molar-refractivity contribution is 5.93. The van der Waals surface area contributed by atoms with Crippen molar-refractivity contribution in [3.05, 3.63) is 59.9 Å². The average molecular weight is 456 g/mol. The molecule has 2 aromatic rings. The monoisotopic (exact) mass is 455 g/mol. The number of benzene rings is 1. The average Bonchev–Trinajstić information content (AvgIpc) is 3.30. The number of carbonyl (C=O) groups excluding carboxylic acids is 3. The van der Waals surface area contributed by atoms with Crippen LogP contribution in [0.2, 0.25) is 0 Å². The first-order chi connectivity index (χ1) is 15.9. The van der Waals surface area contributed by atoms with Crippen LogP contribution in [0.3, 0.4) is 0 Å². The third-order valence-electron chi connectivity index (χ3n) is 5.99. The Balaban J connectivity index is 1.46. The maximum atomic E-state index is 13.1. The molecule has 1 aromatic heterocycles. The lowest BCUT2D eigenvalue weighted by atomic mass is 10.0. The standard InChI is InChI=1S/C23H29N5O5/c1-24-15-25(13-17-8-5-4-6-9-17)16-26(23(24)31)14-18(29)12-20-22(32-2)28(33-3)21(30)19-10-7-11-27(19)20/h4-11,20,22H,12-16H2,1-3H3/t20-,22?/m1/s1. The summed E-state index contributed by atoms with van der Waals surface area (Å²) in [7, 11) is 4.60. The van der Waals surface area contributed by atoms with Gasteiger partial charge in [0.2, 0.25) is 0 Å². The van der Waals surface area contributed by atoms with Gasteiger partial charge in [0.15, 0.2) is 12.0 Å². The van der Waals surface area contributed by atoms with E-state index in [9.17, 15) is 14.4 Å². The van der Waals surface area contributed by atoms with Crippen molar-refractivity contribution in [3.63, 3.8) is 0 Å². The summed E-state index contributed by atoms with van der Waals surface area (Å²) in [5, 5.41) is 1.15. The van der Waals surface area contributed by atoms with Gasteiger partial charge in [-0.25, -0.2) is 4.79 Å². The molecule has 3 amide bonds. The van der Waals surface area contributed by atoms with E-state index < -0.39 is 12.3 Å². The van der Waals surface area contributed by atoms with Crippen molar-refractivity contribution in [2.24, 2.45) is 0 Å². The molecule has 0 aliphatic carbocycles. The highest BCUT2D eigenvalue weighted by Gasteiger charge is 2.41. The summed E-state index contributed by atoms with van der Waals surface area (Å²) < 4.78 is 7.27. The normalized spacial score (nSPS) is 21.5. The number of hydroxylamine groups is 2. The number of nitrogens with zero attached hydrogens (tertiary/aromatic N) is 5. The fourth-order valence-corrected chi connectivity index (χ4v) is 4.54. The van der Waals surface area contributed by atoms with Crippen LogP contribution < -0.4 is 0 Å². The van der Waals surface area contributed by atoms with Gasteiger partial charge in [0.05, 0.1) is 33.0 Å². The lowest BCUT2D eigenvalue weighted by molar-refractivity contribution is -0.215. The highest BCUT2D eigenvalue weighted by atomic mass is 16.7. The number of Topliss-reactive ketones (excluding diaryl/α,β-unsaturated/α-hetero) is 1.